The Morgan fingerprint density at radius 1 is 1.39 bits per heavy atom. The molecule has 1 saturated heterocycles. The third-order valence-corrected chi connectivity index (χ3v) is 4.54. The largest absolute Gasteiger partial charge is 0.381 e. The second-order valence-electron chi connectivity index (χ2n) is 5.94. The monoisotopic (exact) mass is 338 g/mol. The van der Waals surface area contributed by atoms with E-state index in [1.54, 1.807) is 4.90 Å². The summed E-state index contributed by atoms with van der Waals surface area (Å²) in [5, 5.41) is 3.62. The lowest BCUT2D eigenvalue weighted by molar-refractivity contribution is -0.0320. The van der Waals surface area contributed by atoms with E-state index in [-0.39, 0.29) is 6.03 Å². The highest BCUT2D eigenvalue weighted by Gasteiger charge is 2.24. The van der Waals surface area contributed by atoms with Crippen molar-refractivity contribution >= 4 is 23.3 Å². The molecule has 0 spiro atoms. The lowest BCUT2D eigenvalue weighted by Crippen LogP contribution is -2.39. The van der Waals surface area contributed by atoms with Crippen molar-refractivity contribution in [1.29, 1.82) is 0 Å². The molecular formula is C17H23ClN2O3. The van der Waals surface area contributed by atoms with Crippen molar-refractivity contribution < 1.29 is 14.3 Å². The molecule has 1 aromatic rings. The number of benzene rings is 1. The van der Waals surface area contributed by atoms with E-state index in [1.165, 1.54) is 5.56 Å². The highest BCUT2D eigenvalue weighted by atomic mass is 35.5. The first-order chi connectivity index (χ1) is 11.2. The van der Waals surface area contributed by atoms with Gasteiger partial charge >= 0.3 is 6.03 Å². The fraction of sp³-hybridized carbons (Fsp3) is 0.588. The predicted octanol–water partition coefficient (Wildman–Crippen LogP) is 3.00. The van der Waals surface area contributed by atoms with Crippen LogP contribution in [0.5, 0.6) is 0 Å². The van der Waals surface area contributed by atoms with Gasteiger partial charge in [-0.15, -0.1) is 0 Å². The van der Waals surface area contributed by atoms with Gasteiger partial charge in [-0.1, -0.05) is 17.7 Å². The molecule has 0 saturated carbocycles. The maximum absolute atomic E-state index is 12.3. The summed E-state index contributed by atoms with van der Waals surface area (Å²) in [5.41, 5.74) is 2.10. The molecule has 0 bridgehead atoms. The smallest absolute Gasteiger partial charge is 0.321 e. The van der Waals surface area contributed by atoms with Crippen LogP contribution in [-0.2, 0) is 15.9 Å². The van der Waals surface area contributed by atoms with Crippen molar-refractivity contribution in [2.45, 2.75) is 31.8 Å². The third kappa shape index (κ3) is 4.37. The normalized spacial score (nSPS) is 18.0. The van der Waals surface area contributed by atoms with E-state index in [4.69, 9.17) is 21.1 Å². The summed E-state index contributed by atoms with van der Waals surface area (Å²) in [4.78, 5) is 14.1. The van der Waals surface area contributed by atoms with Crippen molar-refractivity contribution in [2.75, 3.05) is 37.8 Å². The molecule has 2 aliphatic heterocycles. The molecule has 5 nitrogen and oxygen atoms in total. The summed E-state index contributed by atoms with van der Waals surface area (Å²) in [7, 11) is 0. The van der Waals surface area contributed by atoms with E-state index >= 15 is 0 Å². The number of carbonyl (C=O) groups is 1. The van der Waals surface area contributed by atoms with Crippen LogP contribution < -0.4 is 10.2 Å². The quantitative estimate of drug-likeness (QED) is 0.840. The van der Waals surface area contributed by atoms with Gasteiger partial charge in [-0.3, -0.25) is 4.90 Å². The van der Waals surface area contributed by atoms with E-state index in [0.717, 1.165) is 44.6 Å². The van der Waals surface area contributed by atoms with Crippen molar-refractivity contribution in [3.63, 3.8) is 0 Å². The van der Waals surface area contributed by atoms with Gasteiger partial charge in [-0.25, -0.2) is 4.79 Å². The van der Waals surface area contributed by atoms with Crippen LogP contribution in [0.1, 0.15) is 24.8 Å². The number of fused-ring (bicyclic) bond motifs is 1. The Labute approximate surface area is 141 Å². The fourth-order valence-electron chi connectivity index (χ4n) is 3.02. The number of nitrogens with one attached hydrogen (secondary N) is 1. The topological polar surface area (TPSA) is 50.8 Å². The Morgan fingerprint density at radius 2 is 2.22 bits per heavy atom. The molecule has 0 radical (unpaired) electrons. The SMILES string of the molecule is O=C(NCCCOC1CCOCC1)N1CCc2ccc(Cl)cc21. The molecule has 1 N–H and O–H groups in total. The maximum Gasteiger partial charge on any atom is 0.321 e. The van der Waals surface area contributed by atoms with Crippen LogP contribution in [0.2, 0.25) is 5.02 Å². The van der Waals surface area contributed by atoms with Crippen LogP contribution in [-0.4, -0.2) is 45.0 Å². The molecule has 126 valence electrons. The molecule has 1 fully saturated rings. The fourth-order valence-corrected chi connectivity index (χ4v) is 3.19. The molecule has 2 heterocycles. The number of urea groups is 1. The minimum Gasteiger partial charge on any atom is -0.381 e. The van der Waals surface area contributed by atoms with Crippen molar-refractivity contribution in [3.05, 3.63) is 28.8 Å². The minimum atomic E-state index is -0.0583. The maximum atomic E-state index is 12.3. The number of hydrogen-bond donors (Lipinski definition) is 1. The van der Waals surface area contributed by atoms with Gasteiger partial charge in [0.25, 0.3) is 0 Å². The van der Waals surface area contributed by atoms with Crippen LogP contribution >= 0.6 is 11.6 Å². The number of rotatable bonds is 5. The second kappa shape index (κ2) is 7.99. The lowest BCUT2D eigenvalue weighted by atomic mass is 10.1. The molecule has 2 aliphatic rings. The zero-order chi connectivity index (χ0) is 16.1. The van der Waals surface area contributed by atoms with Gasteiger partial charge in [0.05, 0.1) is 11.8 Å². The highest BCUT2D eigenvalue weighted by molar-refractivity contribution is 6.31. The molecule has 6 heteroatoms. The average Bonchev–Trinajstić information content (AvgIpc) is 2.98. The summed E-state index contributed by atoms with van der Waals surface area (Å²) in [6, 6.07) is 5.66. The number of nitrogens with zero attached hydrogens (tertiary/aromatic N) is 1. The molecule has 0 aromatic heterocycles. The summed E-state index contributed by atoms with van der Waals surface area (Å²) in [6.07, 6.45) is 3.95. The average molecular weight is 339 g/mol. The van der Waals surface area contributed by atoms with Gasteiger partial charge in [0.1, 0.15) is 0 Å². The molecule has 2 amide bonds. The first-order valence-electron chi connectivity index (χ1n) is 8.27. The number of halogens is 1. The van der Waals surface area contributed by atoms with E-state index < -0.39 is 0 Å². The van der Waals surface area contributed by atoms with Crippen molar-refractivity contribution in [3.8, 4) is 0 Å². The van der Waals surface area contributed by atoms with Gasteiger partial charge < -0.3 is 14.8 Å². The third-order valence-electron chi connectivity index (χ3n) is 4.31. The van der Waals surface area contributed by atoms with E-state index in [0.29, 0.717) is 30.8 Å². The van der Waals surface area contributed by atoms with Crippen LogP contribution in [0.25, 0.3) is 0 Å². The second-order valence-corrected chi connectivity index (χ2v) is 6.38. The Bertz CT molecular complexity index is 547. The first kappa shape index (κ1) is 16.6. The predicted molar refractivity (Wildman–Crippen MR) is 90.3 cm³/mol. The van der Waals surface area contributed by atoms with Crippen molar-refractivity contribution in [1.82, 2.24) is 5.32 Å². The van der Waals surface area contributed by atoms with Crippen molar-refractivity contribution in [2.24, 2.45) is 0 Å². The molecule has 0 aliphatic carbocycles. The highest BCUT2D eigenvalue weighted by Crippen LogP contribution is 2.30. The summed E-state index contributed by atoms with van der Waals surface area (Å²) >= 11 is 6.03. The molecule has 0 unspecified atom stereocenters. The molecule has 23 heavy (non-hydrogen) atoms. The number of ether oxygens (including phenoxy) is 2. The minimum absolute atomic E-state index is 0.0583. The standard InChI is InChI=1S/C17H23ClN2O3/c18-14-3-2-13-4-8-20(16(13)12-14)17(21)19-7-1-9-23-15-5-10-22-11-6-15/h2-3,12,15H,1,4-11H2,(H,19,21). The first-order valence-corrected chi connectivity index (χ1v) is 8.65. The lowest BCUT2D eigenvalue weighted by Gasteiger charge is -2.22. The van der Waals surface area contributed by atoms with Gasteiger partial charge in [-0.05, 0) is 43.4 Å². The van der Waals surface area contributed by atoms with Gasteiger partial charge in [0, 0.05) is 37.9 Å². The number of carbonyl (C=O) groups excluding carboxylic acids is 1. The zero-order valence-corrected chi connectivity index (χ0v) is 14.0. The van der Waals surface area contributed by atoms with E-state index in [2.05, 4.69) is 5.32 Å². The van der Waals surface area contributed by atoms with Gasteiger partial charge in [-0.2, -0.15) is 0 Å². The van der Waals surface area contributed by atoms with Gasteiger partial charge in [0.2, 0.25) is 0 Å². The Morgan fingerprint density at radius 3 is 3.04 bits per heavy atom. The Balaban J connectivity index is 1.38. The number of hydrogen-bond acceptors (Lipinski definition) is 3. The number of anilines is 1. The molecular weight excluding hydrogens is 316 g/mol. The summed E-state index contributed by atoms with van der Waals surface area (Å²) < 4.78 is 11.1. The molecule has 0 atom stereocenters. The summed E-state index contributed by atoms with van der Waals surface area (Å²) in [6.45, 7) is 3.58. The summed E-state index contributed by atoms with van der Waals surface area (Å²) in [5.74, 6) is 0. The Kier molecular flexibility index (Phi) is 5.75. The molecule has 1 aromatic carbocycles. The van der Waals surface area contributed by atoms with Crippen LogP contribution in [0.15, 0.2) is 18.2 Å². The van der Waals surface area contributed by atoms with Gasteiger partial charge in [0.15, 0.2) is 0 Å². The van der Waals surface area contributed by atoms with Crippen LogP contribution in [0.4, 0.5) is 10.5 Å². The van der Waals surface area contributed by atoms with E-state index in [9.17, 15) is 4.79 Å². The zero-order valence-electron chi connectivity index (χ0n) is 13.2. The van der Waals surface area contributed by atoms with E-state index in [1.807, 2.05) is 18.2 Å². The van der Waals surface area contributed by atoms with Crippen LogP contribution in [0.3, 0.4) is 0 Å². The van der Waals surface area contributed by atoms with Crippen LogP contribution in [0, 0.1) is 0 Å². The molecule has 3 rings (SSSR count). The Hall–Kier alpha value is -1.30. The number of amides is 2.